The molecule has 0 saturated heterocycles. The van der Waals surface area contributed by atoms with Crippen LogP contribution in [0.4, 0.5) is 11.4 Å². The number of Topliss-reactive ketones (excluding diaryl/α,β-unsaturated/α-hetero) is 1. The van der Waals surface area contributed by atoms with Crippen LogP contribution in [0.2, 0.25) is 0 Å². The average molecular weight is 525 g/mol. The van der Waals surface area contributed by atoms with Crippen LogP contribution in [0.15, 0.2) is 47.3 Å². The SMILES string of the molecule is CC[N+](CC)(CC)CCCNC(=O)c1ccc(NNC(C(C)=O)C(=O)Nc2ccc3[nH]c(=O)[nH]c3c2)cc1. The molecule has 0 spiro atoms. The van der Waals surface area contributed by atoms with Gasteiger partial charge in [0.25, 0.3) is 11.8 Å². The molecule has 11 heteroatoms. The summed E-state index contributed by atoms with van der Waals surface area (Å²) >= 11 is 0. The Morgan fingerprint density at radius 1 is 0.895 bits per heavy atom. The fraction of sp³-hybridized carbons (Fsp3) is 0.407. The van der Waals surface area contributed by atoms with Crippen LogP contribution in [0.1, 0.15) is 44.5 Å². The molecule has 1 unspecified atom stereocenters. The second-order valence-corrected chi connectivity index (χ2v) is 9.34. The highest BCUT2D eigenvalue weighted by Crippen LogP contribution is 2.15. The standard InChI is InChI=1S/C27H37N7O4/c1-5-34(6-2,7-3)16-8-15-28-25(36)19-9-11-20(12-10-19)32-33-24(18(4)35)26(37)29-21-13-14-22-23(17-21)31-27(38)30-22/h9-14,17,24,33H,5-8,15-16H2,1-4H3,(H4-,28,29,30,31,32,36,37,38)/p+1. The zero-order chi connectivity index (χ0) is 27.7. The Labute approximate surface area is 221 Å². The summed E-state index contributed by atoms with van der Waals surface area (Å²) in [5.74, 6) is -1.09. The van der Waals surface area contributed by atoms with Gasteiger partial charge >= 0.3 is 5.69 Å². The summed E-state index contributed by atoms with van der Waals surface area (Å²) < 4.78 is 1.05. The third-order valence-electron chi connectivity index (χ3n) is 7.07. The van der Waals surface area contributed by atoms with Crippen molar-refractivity contribution < 1.29 is 18.9 Å². The summed E-state index contributed by atoms with van der Waals surface area (Å²) in [4.78, 5) is 54.1. The number of anilines is 2. The quantitative estimate of drug-likeness (QED) is 0.0826. The van der Waals surface area contributed by atoms with Crippen LogP contribution < -0.4 is 27.2 Å². The van der Waals surface area contributed by atoms with Crippen molar-refractivity contribution in [2.75, 3.05) is 43.5 Å². The van der Waals surface area contributed by atoms with E-state index in [1.165, 1.54) is 6.92 Å². The molecular weight excluding hydrogens is 486 g/mol. The van der Waals surface area contributed by atoms with Gasteiger partial charge in [0.15, 0.2) is 11.8 Å². The number of rotatable bonds is 14. The molecule has 0 bridgehead atoms. The number of hydrogen-bond donors (Lipinski definition) is 6. The van der Waals surface area contributed by atoms with Crippen LogP contribution in [0, 0.1) is 0 Å². The lowest BCUT2D eigenvalue weighted by Gasteiger charge is -2.35. The van der Waals surface area contributed by atoms with Crippen molar-refractivity contribution in [2.45, 2.75) is 40.2 Å². The summed E-state index contributed by atoms with van der Waals surface area (Å²) in [6.45, 7) is 12.8. The number of amides is 2. The van der Waals surface area contributed by atoms with Crippen LogP contribution in [0.3, 0.4) is 0 Å². The molecule has 0 saturated carbocycles. The van der Waals surface area contributed by atoms with Crippen molar-refractivity contribution in [2.24, 2.45) is 0 Å². The molecule has 3 aromatic rings. The predicted molar refractivity (Wildman–Crippen MR) is 149 cm³/mol. The zero-order valence-electron chi connectivity index (χ0n) is 22.4. The van der Waals surface area contributed by atoms with Gasteiger partial charge < -0.3 is 30.5 Å². The fourth-order valence-electron chi connectivity index (χ4n) is 4.40. The number of nitrogens with zero attached hydrogens (tertiary/aromatic N) is 1. The summed E-state index contributed by atoms with van der Waals surface area (Å²) in [5, 5.41) is 5.65. The van der Waals surface area contributed by atoms with Gasteiger partial charge in [0.2, 0.25) is 0 Å². The first kappa shape index (κ1) is 28.6. The number of benzene rings is 2. The number of carbonyl (C=O) groups is 3. The molecule has 0 aliphatic heterocycles. The van der Waals surface area contributed by atoms with E-state index in [1.807, 2.05) is 0 Å². The van der Waals surface area contributed by atoms with E-state index in [0.717, 1.165) is 37.1 Å². The summed E-state index contributed by atoms with van der Waals surface area (Å²) in [5.41, 5.74) is 7.95. The maximum absolute atomic E-state index is 12.7. The Hall–Kier alpha value is -3.96. The van der Waals surface area contributed by atoms with Gasteiger partial charge in [0.05, 0.1) is 37.2 Å². The lowest BCUT2D eigenvalue weighted by atomic mass is 10.2. The van der Waals surface area contributed by atoms with E-state index >= 15 is 0 Å². The number of ketones is 1. The molecule has 0 aliphatic carbocycles. The zero-order valence-corrected chi connectivity index (χ0v) is 22.4. The van der Waals surface area contributed by atoms with Gasteiger partial charge in [-0.3, -0.25) is 14.4 Å². The van der Waals surface area contributed by atoms with Crippen LogP contribution in [-0.2, 0) is 9.59 Å². The van der Waals surface area contributed by atoms with Crippen LogP contribution in [-0.4, -0.2) is 70.8 Å². The Kier molecular flexibility index (Phi) is 9.80. The molecular formula is C27H38N7O4+. The molecule has 3 rings (SSSR count). The lowest BCUT2D eigenvalue weighted by molar-refractivity contribution is -0.923. The van der Waals surface area contributed by atoms with E-state index in [-0.39, 0.29) is 17.4 Å². The van der Waals surface area contributed by atoms with E-state index in [2.05, 4.69) is 52.2 Å². The third kappa shape index (κ3) is 7.30. The predicted octanol–water partition coefficient (Wildman–Crippen LogP) is 2.37. The molecule has 0 aliphatic rings. The molecule has 2 aromatic carbocycles. The highest BCUT2D eigenvalue weighted by molar-refractivity contribution is 6.10. The summed E-state index contributed by atoms with van der Waals surface area (Å²) in [6, 6.07) is 10.5. The van der Waals surface area contributed by atoms with Crippen molar-refractivity contribution in [1.29, 1.82) is 0 Å². The first-order valence-corrected chi connectivity index (χ1v) is 13.0. The van der Waals surface area contributed by atoms with E-state index in [1.54, 1.807) is 42.5 Å². The van der Waals surface area contributed by atoms with Gasteiger partial charge in [0, 0.05) is 29.9 Å². The first-order chi connectivity index (χ1) is 18.2. The number of nitrogens with one attached hydrogen (secondary N) is 6. The summed E-state index contributed by atoms with van der Waals surface area (Å²) in [7, 11) is 0. The van der Waals surface area contributed by atoms with Crippen molar-refractivity contribution in [3.8, 4) is 0 Å². The normalized spacial score (nSPS) is 12.2. The number of hydrogen-bond acceptors (Lipinski definition) is 6. The number of imidazole rings is 1. The number of aromatic amines is 2. The Balaban J connectivity index is 1.51. The number of carbonyl (C=O) groups excluding carboxylic acids is 3. The van der Waals surface area contributed by atoms with Crippen LogP contribution in [0.5, 0.6) is 0 Å². The minimum Gasteiger partial charge on any atom is -0.352 e. The second-order valence-electron chi connectivity index (χ2n) is 9.34. The van der Waals surface area contributed by atoms with Gasteiger partial charge in [-0.1, -0.05) is 0 Å². The Morgan fingerprint density at radius 3 is 2.16 bits per heavy atom. The van der Waals surface area contributed by atoms with Crippen molar-refractivity contribution in [1.82, 2.24) is 20.7 Å². The number of aromatic nitrogens is 2. The monoisotopic (exact) mass is 524 g/mol. The molecule has 38 heavy (non-hydrogen) atoms. The highest BCUT2D eigenvalue weighted by atomic mass is 16.2. The van der Waals surface area contributed by atoms with Gasteiger partial charge in [-0.05, 0) is 70.2 Å². The van der Waals surface area contributed by atoms with E-state index in [0.29, 0.717) is 34.5 Å². The Morgan fingerprint density at radius 2 is 1.53 bits per heavy atom. The van der Waals surface area contributed by atoms with E-state index in [4.69, 9.17) is 0 Å². The third-order valence-corrected chi connectivity index (χ3v) is 7.07. The molecule has 0 fully saturated rings. The first-order valence-electron chi connectivity index (χ1n) is 13.0. The smallest absolute Gasteiger partial charge is 0.323 e. The fourth-order valence-corrected chi connectivity index (χ4v) is 4.40. The van der Waals surface area contributed by atoms with Gasteiger partial charge in [0.1, 0.15) is 0 Å². The van der Waals surface area contributed by atoms with Gasteiger partial charge in [-0.15, -0.1) is 0 Å². The largest absolute Gasteiger partial charge is 0.352 e. The molecule has 1 atom stereocenters. The van der Waals surface area contributed by atoms with Crippen LogP contribution in [0.25, 0.3) is 11.0 Å². The molecule has 1 heterocycles. The minimum atomic E-state index is -1.17. The molecule has 6 N–H and O–H groups in total. The Bertz CT molecular complexity index is 1300. The lowest BCUT2D eigenvalue weighted by Crippen LogP contribution is -2.48. The molecule has 2 amide bonds. The topological polar surface area (TPSA) is 148 Å². The number of quaternary nitrogens is 1. The van der Waals surface area contributed by atoms with Crippen molar-refractivity contribution in [3.63, 3.8) is 0 Å². The highest BCUT2D eigenvalue weighted by Gasteiger charge is 2.23. The molecule has 0 radical (unpaired) electrons. The summed E-state index contributed by atoms with van der Waals surface area (Å²) in [6.07, 6.45) is 0.913. The van der Waals surface area contributed by atoms with Gasteiger partial charge in [-0.2, -0.15) is 0 Å². The number of H-pyrrole nitrogens is 2. The number of fused-ring (bicyclic) bond motifs is 1. The maximum Gasteiger partial charge on any atom is 0.323 e. The minimum absolute atomic E-state index is 0.145. The van der Waals surface area contributed by atoms with Crippen molar-refractivity contribution >= 4 is 40.0 Å². The van der Waals surface area contributed by atoms with Crippen LogP contribution >= 0.6 is 0 Å². The molecule has 11 nitrogen and oxygen atoms in total. The average Bonchev–Trinajstić information content (AvgIpc) is 3.28. The number of hydrazine groups is 1. The van der Waals surface area contributed by atoms with E-state index < -0.39 is 11.9 Å². The maximum atomic E-state index is 12.7. The molecule has 204 valence electrons. The second kappa shape index (κ2) is 13.0. The molecule has 1 aromatic heterocycles. The van der Waals surface area contributed by atoms with Gasteiger partial charge in [-0.25, -0.2) is 10.2 Å². The van der Waals surface area contributed by atoms with Crippen molar-refractivity contribution in [3.05, 3.63) is 58.5 Å². The van der Waals surface area contributed by atoms with E-state index in [9.17, 15) is 19.2 Å².